The van der Waals surface area contributed by atoms with E-state index in [2.05, 4.69) is 6.58 Å². The first-order valence-corrected chi connectivity index (χ1v) is 9.35. The van der Waals surface area contributed by atoms with Crippen LogP contribution >= 0.6 is 0 Å². The summed E-state index contributed by atoms with van der Waals surface area (Å²) in [5.74, 6) is -0.495. The first kappa shape index (κ1) is 18.1. The Bertz CT molecular complexity index is 1140. The van der Waals surface area contributed by atoms with Gasteiger partial charge >= 0.3 is 0 Å². The van der Waals surface area contributed by atoms with Crippen LogP contribution in [0.3, 0.4) is 0 Å². The van der Waals surface area contributed by atoms with Crippen LogP contribution in [0.15, 0.2) is 91.5 Å². The van der Waals surface area contributed by atoms with Gasteiger partial charge in [-0.2, -0.15) is 0 Å². The lowest BCUT2D eigenvalue weighted by Gasteiger charge is -2.10. The Kier molecular flexibility index (Phi) is 5.03. The molecule has 0 aliphatic carbocycles. The molecule has 4 rings (SSSR count). The Labute approximate surface area is 163 Å². The number of hydrogen-bond acceptors (Lipinski definition) is 0. The average molecular weight is 370 g/mol. The molecule has 138 valence electrons. The fourth-order valence-corrected chi connectivity index (χ4v) is 3.51. The van der Waals surface area contributed by atoms with Crippen LogP contribution < -0.4 is 0 Å². The molecule has 0 radical (unpaired) electrons. The van der Waals surface area contributed by atoms with Crippen molar-refractivity contribution in [3.8, 4) is 22.3 Å². The molecule has 28 heavy (non-hydrogen) atoms. The summed E-state index contributed by atoms with van der Waals surface area (Å²) in [5, 5.41) is 1.50. The second-order valence-corrected chi connectivity index (χ2v) is 6.87. The molecule has 0 saturated carbocycles. The van der Waals surface area contributed by atoms with Gasteiger partial charge in [0, 0.05) is 16.5 Å². The maximum Gasteiger partial charge on any atom is 0.138 e. The lowest BCUT2D eigenvalue weighted by atomic mass is 9.96. The van der Waals surface area contributed by atoms with Crippen molar-refractivity contribution in [3.05, 3.63) is 109 Å². The van der Waals surface area contributed by atoms with E-state index in [1.165, 1.54) is 11.6 Å². The monoisotopic (exact) mass is 370 g/mol. The van der Waals surface area contributed by atoms with Crippen LogP contribution in [0.1, 0.15) is 12.0 Å². The van der Waals surface area contributed by atoms with Gasteiger partial charge in [0.15, 0.2) is 0 Å². The van der Waals surface area contributed by atoms with Gasteiger partial charge in [-0.25, -0.2) is 8.78 Å². The van der Waals surface area contributed by atoms with E-state index in [-0.39, 0.29) is 11.6 Å². The number of aryl methyl sites for hydroxylation is 1. The molecule has 0 unspecified atom stereocenters. The zero-order chi connectivity index (χ0) is 19.5. The second-order valence-electron chi connectivity index (χ2n) is 6.87. The number of rotatable bonds is 5. The van der Waals surface area contributed by atoms with Crippen molar-refractivity contribution in [2.75, 3.05) is 0 Å². The lowest BCUT2D eigenvalue weighted by Crippen LogP contribution is -1.90. The quantitative estimate of drug-likeness (QED) is 0.318. The van der Waals surface area contributed by atoms with Crippen molar-refractivity contribution in [3.63, 3.8) is 0 Å². The lowest BCUT2D eigenvalue weighted by molar-refractivity contribution is 0.631. The molecule has 0 fully saturated rings. The number of hydrogen-bond donors (Lipinski definition) is 0. The highest BCUT2D eigenvalue weighted by molar-refractivity contribution is 5.89. The summed E-state index contributed by atoms with van der Waals surface area (Å²) in [5.41, 5.74) is 3.81. The molecule has 0 aromatic heterocycles. The zero-order valence-electron chi connectivity index (χ0n) is 15.5. The molecule has 0 atom stereocenters. The summed E-state index contributed by atoms with van der Waals surface area (Å²) in [4.78, 5) is 0. The van der Waals surface area contributed by atoms with Crippen LogP contribution in [0.25, 0.3) is 33.0 Å². The predicted octanol–water partition coefficient (Wildman–Crippen LogP) is 7.57. The summed E-state index contributed by atoms with van der Waals surface area (Å²) in [6.07, 6.45) is 3.69. The van der Waals surface area contributed by atoms with E-state index >= 15 is 4.39 Å². The van der Waals surface area contributed by atoms with Gasteiger partial charge in [-0.3, -0.25) is 0 Å². The summed E-state index contributed by atoms with van der Waals surface area (Å²) in [6, 6.07) is 23.6. The summed E-state index contributed by atoms with van der Waals surface area (Å²) >= 11 is 0. The summed E-state index contributed by atoms with van der Waals surface area (Å²) in [6.45, 7) is 3.75. The summed E-state index contributed by atoms with van der Waals surface area (Å²) < 4.78 is 29.1. The van der Waals surface area contributed by atoms with Gasteiger partial charge < -0.3 is 0 Å². The zero-order valence-corrected chi connectivity index (χ0v) is 15.5. The largest absolute Gasteiger partial charge is 0.206 e. The van der Waals surface area contributed by atoms with Crippen LogP contribution in [0.4, 0.5) is 8.78 Å². The van der Waals surface area contributed by atoms with Crippen LogP contribution in [0, 0.1) is 11.6 Å². The molecule has 4 aromatic rings. The van der Waals surface area contributed by atoms with Crippen molar-refractivity contribution in [2.24, 2.45) is 0 Å². The molecular formula is C26H20F2. The van der Waals surface area contributed by atoms with E-state index in [4.69, 9.17) is 0 Å². The van der Waals surface area contributed by atoms with Gasteiger partial charge in [0.2, 0.25) is 0 Å². The van der Waals surface area contributed by atoms with Crippen molar-refractivity contribution >= 4 is 10.8 Å². The van der Waals surface area contributed by atoms with Gasteiger partial charge in [-0.15, -0.1) is 6.58 Å². The molecule has 0 aliphatic heterocycles. The third-order valence-corrected chi connectivity index (χ3v) is 5.04. The number of allylic oxidation sites excluding steroid dienone is 1. The van der Waals surface area contributed by atoms with Gasteiger partial charge in [-0.1, -0.05) is 78.9 Å². The molecule has 0 saturated heterocycles. The van der Waals surface area contributed by atoms with E-state index in [0.29, 0.717) is 16.5 Å². The van der Waals surface area contributed by atoms with Crippen molar-refractivity contribution in [1.82, 2.24) is 0 Å². The Morgan fingerprint density at radius 3 is 2.18 bits per heavy atom. The minimum atomic E-state index is -0.264. The third kappa shape index (κ3) is 3.46. The molecular weight excluding hydrogens is 350 g/mol. The number of halogens is 2. The highest BCUT2D eigenvalue weighted by Gasteiger charge is 2.11. The Balaban J connectivity index is 1.70. The Morgan fingerprint density at radius 1 is 0.750 bits per heavy atom. The maximum absolute atomic E-state index is 15.2. The molecule has 0 amide bonds. The van der Waals surface area contributed by atoms with E-state index in [1.54, 1.807) is 18.2 Å². The van der Waals surface area contributed by atoms with Gasteiger partial charge in [-0.05, 0) is 41.0 Å². The average Bonchev–Trinajstić information content (AvgIpc) is 2.73. The van der Waals surface area contributed by atoms with Gasteiger partial charge in [0.1, 0.15) is 11.6 Å². The normalized spacial score (nSPS) is 10.9. The van der Waals surface area contributed by atoms with Crippen molar-refractivity contribution < 1.29 is 8.78 Å². The smallest absolute Gasteiger partial charge is 0.138 e. The standard InChI is InChI=1S/C26H20F2/c1-2-3-6-18-9-15-24-21(17-18)14-16-23(26(24)28)20-12-10-19(11-13-20)22-7-4-5-8-25(22)27/h2,4-5,7-17H,1,3,6H2. The second kappa shape index (κ2) is 7.77. The maximum atomic E-state index is 15.2. The van der Waals surface area contributed by atoms with Crippen LogP contribution in [0.2, 0.25) is 0 Å². The Hall–Kier alpha value is -3.26. The van der Waals surface area contributed by atoms with E-state index < -0.39 is 0 Å². The molecule has 0 heterocycles. The van der Waals surface area contributed by atoms with E-state index in [0.717, 1.165) is 29.4 Å². The molecule has 0 N–H and O–H groups in total. The van der Waals surface area contributed by atoms with Crippen LogP contribution in [-0.2, 0) is 6.42 Å². The van der Waals surface area contributed by atoms with Crippen molar-refractivity contribution in [2.45, 2.75) is 12.8 Å². The molecule has 0 aliphatic rings. The fraction of sp³-hybridized carbons (Fsp3) is 0.0769. The first-order valence-electron chi connectivity index (χ1n) is 9.35. The number of benzene rings is 4. The van der Waals surface area contributed by atoms with Gasteiger partial charge in [0.25, 0.3) is 0 Å². The minimum absolute atomic E-state index is 0.230. The van der Waals surface area contributed by atoms with E-state index in [1.807, 2.05) is 60.7 Å². The van der Waals surface area contributed by atoms with Crippen LogP contribution in [-0.4, -0.2) is 0 Å². The molecule has 2 heteroatoms. The SMILES string of the molecule is C=CCCc1ccc2c(F)c(-c3ccc(-c4ccccc4F)cc3)ccc2c1. The molecule has 0 nitrogen and oxygen atoms in total. The highest BCUT2D eigenvalue weighted by atomic mass is 19.1. The first-order chi connectivity index (χ1) is 13.7. The molecule has 0 spiro atoms. The van der Waals surface area contributed by atoms with E-state index in [9.17, 15) is 4.39 Å². The van der Waals surface area contributed by atoms with Crippen LogP contribution in [0.5, 0.6) is 0 Å². The predicted molar refractivity (Wildman–Crippen MR) is 113 cm³/mol. The molecule has 0 bridgehead atoms. The van der Waals surface area contributed by atoms with Crippen molar-refractivity contribution in [1.29, 1.82) is 0 Å². The third-order valence-electron chi connectivity index (χ3n) is 5.04. The van der Waals surface area contributed by atoms with Gasteiger partial charge in [0.05, 0.1) is 0 Å². The highest BCUT2D eigenvalue weighted by Crippen LogP contribution is 2.31. The topological polar surface area (TPSA) is 0 Å². The fourth-order valence-electron chi connectivity index (χ4n) is 3.51. The minimum Gasteiger partial charge on any atom is -0.206 e. The molecule has 4 aromatic carbocycles. The Morgan fingerprint density at radius 2 is 1.46 bits per heavy atom. The summed E-state index contributed by atoms with van der Waals surface area (Å²) in [7, 11) is 0. The number of fused-ring (bicyclic) bond motifs is 1.